The van der Waals surface area contributed by atoms with E-state index in [4.69, 9.17) is 26.8 Å². The second kappa shape index (κ2) is 6.97. The van der Waals surface area contributed by atoms with E-state index in [-0.39, 0.29) is 11.4 Å². The molecule has 24 heavy (non-hydrogen) atoms. The maximum absolute atomic E-state index is 11.8. The van der Waals surface area contributed by atoms with E-state index in [1.807, 2.05) is 4.57 Å². The Morgan fingerprint density at radius 2 is 2.42 bits per heavy atom. The van der Waals surface area contributed by atoms with E-state index in [0.29, 0.717) is 14.3 Å². The average molecular weight is 365 g/mol. The minimum Gasteiger partial charge on any atom is -0.434 e. The van der Waals surface area contributed by atoms with E-state index in [2.05, 4.69) is 17.3 Å². The van der Waals surface area contributed by atoms with Crippen molar-refractivity contribution in [3.8, 4) is 5.95 Å². The van der Waals surface area contributed by atoms with Gasteiger partial charge in [-0.2, -0.15) is 0 Å². The van der Waals surface area contributed by atoms with Crippen molar-refractivity contribution >= 4 is 40.0 Å². The van der Waals surface area contributed by atoms with E-state index in [1.54, 1.807) is 6.07 Å². The zero-order valence-electron chi connectivity index (χ0n) is 12.8. The Hall–Kier alpha value is -2.46. The highest BCUT2D eigenvalue weighted by molar-refractivity contribution is 7.73. The highest BCUT2D eigenvalue weighted by Crippen LogP contribution is 2.18. The summed E-state index contributed by atoms with van der Waals surface area (Å²) in [4.78, 5) is 16.2. The van der Waals surface area contributed by atoms with Crippen LogP contribution in [0.25, 0.3) is 10.3 Å². The number of aryl methyl sites for hydroxylation is 1. The third-order valence-electron chi connectivity index (χ3n) is 3.26. The summed E-state index contributed by atoms with van der Waals surface area (Å²) in [5, 5.41) is 8.25. The molecule has 3 rings (SSSR count). The van der Waals surface area contributed by atoms with Crippen LogP contribution >= 0.6 is 23.6 Å². The molecule has 0 atom stereocenters. The van der Waals surface area contributed by atoms with Gasteiger partial charge in [-0.15, -0.1) is 0 Å². The molecule has 10 heteroatoms. The van der Waals surface area contributed by atoms with Crippen molar-refractivity contribution in [2.24, 2.45) is 0 Å². The Balaban J connectivity index is 1.87. The number of carbonyl (C=O) groups is 1. The average Bonchev–Trinajstić information content (AvgIpc) is 3.16. The summed E-state index contributed by atoms with van der Waals surface area (Å²) in [5.41, 5.74) is 3.16. The molecule has 0 fully saturated rings. The van der Waals surface area contributed by atoms with Crippen molar-refractivity contribution in [1.29, 1.82) is 5.41 Å². The molecular formula is C14H15N5O3S2. The number of ether oxygens (including phenoxy) is 1. The summed E-state index contributed by atoms with van der Waals surface area (Å²) in [7, 11) is 0. The number of thiazole rings is 1. The molecule has 3 heterocycles. The third kappa shape index (κ3) is 3.24. The molecule has 0 saturated carbocycles. The van der Waals surface area contributed by atoms with Gasteiger partial charge in [-0.3, -0.25) is 5.41 Å². The van der Waals surface area contributed by atoms with Crippen LogP contribution in [0.2, 0.25) is 0 Å². The number of amides is 1. The lowest BCUT2D eigenvalue weighted by Crippen LogP contribution is -2.34. The van der Waals surface area contributed by atoms with Crippen LogP contribution in [0.4, 0.5) is 4.79 Å². The van der Waals surface area contributed by atoms with E-state index in [9.17, 15) is 4.79 Å². The smallest absolute Gasteiger partial charge is 0.434 e. The number of hydrogen-bond acceptors (Lipinski definition) is 7. The van der Waals surface area contributed by atoms with E-state index in [0.717, 1.165) is 19.4 Å². The number of hydrogen-bond donors (Lipinski definition) is 2. The Kier molecular flexibility index (Phi) is 4.76. The third-order valence-corrected chi connectivity index (χ3v) is 4.70. The predicted octanol–water partition coefficient (Wildman–Crippen LogP) is 3.24. The van der Waals surface area contributed by atoms with Gasteiger partial charge in [0, 0.05) is 12.6 Å². The molecule has 8 nitrogen and oxygen atoms in total. The van der Waals surface area contributed by atoms with Crippen LogP contribution in [-0.4, -0.2) is 20.3 Å². The summed E-state index contributed by atoms with van der Waals surface area (Å²) in [6.07, 6.45) is 4.00. The van der Waals surface area contributed by atoms with E-state index < -0.39 is 6.09 Å². The Morgan fingerprint density at radius 1 is 1.58 bits per heavy atom. The minimum atomic E-state index is -0.779. The SMILES string of the molecule is CCCCn1c(=S)sc2c(=N)n(NC(=O)Oc3ccco3)cnc21. The fourth-order valence-electron chi connectivity index (χ4n) is 2.09. The summed E-state index contributed by atoms with van der Waals surface area (Å²) in [6.45, 7) is 2.86. The summed E-state index contributed by atoms with van der Waals surface area (Å²) >= 11 is 6.66. The fourth-order valence-corrected chi connectivity index (χ4v) is 3.43. The monoisotopic (exact) mass is 365 g/mol. The number of furan rings is 1. The zero-order chi connectivity index (χ0) is 17.1. The topological polar surface area (TPSA) is 98.1 Å². The van der Waals surface area contributed by atoms with E-state index >= 15 is 0 Å². The molecule has 0 unspecified atom stereocenters. The number of nitrogens with one attached hydrogen (secondary N) is 2. The first-order valence-corrected chi connectivity index (χ1v) is 8.50. The van der Waals surface area contributed by atoms with Crippen LogP contribution in [0.3, 0.4) is 0 Å². The van der Waals surface area contributed by atoms with Gasteiger partial charge in [-0.25, -0.2) is 19.9 Å². The lowest BCUT2D eigenvalue weighted by molar-refractivity contribution is 0.198. The molecule has 3 aromatic rings. The fraction of sp³-hybridized carbons (Fsp3) is 0.286. The van der Waals surface area contributed by atoms with Gasteiger partial charge in [0.1, 0.15) is 11.0 Å². The molecule has 3 aromatic heterocycles. The summed E-state index contributed by atoms with van der Waals surface area (Å²) < 4.78 is 14.2. The molecule has 0 aliphatic heterocycles. The molecule has 1 amide bonds. The van der Waals surface area contributed by atoms with Crippen molar-refractivity contribution in [2.75, 3.05) is 5.43 Å². The van der Waals surface area contributed by atoms with Crippen LogP contribution in [0.5, 0.6) is 5.95 Å². The number of fused-ring (bicyclic) bond motifs is 1. The first-order chi connectivity index (χ1) is 11.6. The van der Waals surface area contributed by atoms with Crippen LogP contribution < -0.4 is 15.7 Å². The largest absolute Gasteiger partial charge is 0.434 e. The molecular weight excluding hydrogens is 350 g/mol. The van der Waals surface area contributed by atoms with Crippen LogP contribution in [0.15, 0.2) is 29.1 Å². The minimum absolute atomic E-state index is 0.0649. The van der Waals surface area contributed by atoms with Gasteiger partial charge >= 0.3 is 6.09 Å². The first kappa shape index (κ1) is 16.4. The van der Waals surface area contributed by atoms with Gasteiger partial charge in [0.25, 0.3) is 5.95 Å². The van der Waals surface area contributed by atoms with Crippen LogP contribution in [-0.2, 0) is 6.54 Å². The molecule has 0 aliphatic rings. The van der Waals surface area contributed by atoms with Gasteiger partial charge in [0.15, 0.2) is 15.1 Å². The Morgan fingerprint density at radius 3 is 3.12 bits per heavy atom. The van der Waals surface area contributed by atoms with Crippen molar-refractivity contribution in [2.45, 2.75) is 26.3 Å². The molecule has 0 aliphatic carbocycles. The standard InChI is InChI=1S/C14H15N5O3S2/c1-2-3-6-18-12-10(24-14(18)23)11(15)19(8-16-12)17-13(20)22-9-5-4-7-21-9/h4-5,7-8,15H,2-3,6H2,1H3,(H,17,20). The van der Waals surface area contributed by atoms with Gasteiger partial charge in [-0.05, 0) is 24.7 Å². The molecule has 2 N–H and O–H groups in total. The van der Waals surface area contributed by atoms with Crippen LogP contribution in [0, 0.1) is 9.36 Å². The summed E-state index contributed by atoms with van der Waals surface area (Å²) in [6, 6.07) is 3.11. The van der Waals surface area contributed by atoms with Gasteiger partial charge in [0.2, 0.25) is 0 Å². The lowest BCUT2D eigenvalue weighted by atomic mass is 10.3. The normalized spacial score (nSPS) is 10.9. The molecule has 0 aromatic carbocycles. The van der Waals surface area contributed by atoms with Crippen molar-refractivity contribution in [3.63, 3.8) is 0 Å². The number of unbranched alkanes of at least 4 members (excludes halogenated alkanes) is 1. The van der Waals surface area contributed by atoms with E-state index in [1.165, 1.54) is 34.7 Å². The van der Waals surface area contributed by atoms with Gasteiger partial charge in [0.05, 0.1) is 6.26 Å². The first-order valence-electron chi connectivity index (χ1n) is 7.28. The quantitative estimate of drug-likeness (QED) is 0.676. The Bertz CT molecular complexity index is 971. The maximum atomic E-state index is 11.8. The zero-order valence-corrected chi connectivity index (χ0v) is 14.4. The second-order valence-electron chi connectivity index (χ2n) is 4.92. The number of nitrogens with zero attached hydrogens (tertiary/aromatic N) is 3. The van der Waals surface area contributed by atoms with Gasteiger partial charge < -0.3 is 13.7 Å². The molecule has 0 saturated heterocycles. The van der Waals surface area contributed by atoms with Crippen molar-refractivity contribution < 1.29 is 13.9 Å². The molecule has 126 valence electrons. The summed E-state index contributed by atoms with van der Waals surface area (Å²) in [5.74, 6) is 0.0649. The predicted molar refractivity (Wildman–Crippen MR) is 91.3 cm³/mol. The lowest BCUT2D eigenvalue weighted by Gasteiger charge is -2.08. The van der Waals surface area contributed by atoms with Crippen LogP contribution in [0.1, 0.15) is 19.8 Å². The van der Waals surface area contributed by atoms with Gasteiger partial charge in [-0.1, -0.05) is 24.7 Å². The Labute approximate surface area is 145 Å². The van der Waals surface area contributed by atoms with Crippen molar-refractivity contribution in [1.82, 2.24) is 14.2 Å². The second-order valence-corrected chi connectivity index (χ2v) is 6.57. The highest BCUT2D eigenvalue weighted by atomic mass is 32.1. The molecule has 0 radical (unpaired) electrons. The maximum Gasteiger partial charge on any atom is 0.434 e. The van der Waals surface area contributed by atoms with Crippen molar-refractivity contribution in [3.05, 3.63) is 34.2 Å². The molecule has 0 bridgehead atoms. The highest BCUT2D eigenvalue weighted by Gasteiger charge is 2.12. The molecule has 0 spiro atoms. The number of aromatic nitrogens is 3. The number of rotatable bonds is 5. The number of carbonyl (C=O) groups excluding carboxylic acids is 1.